The number of thiophene rings is 1. The fourth-order valence-electron chi connectivity index (χ4n) is 1.06. The lowest BCUT2D eigenvalue weighted by Crippen LogP contribution is -2.04. The molecule has 0 aliphatic heterocycles. The molecule has 2 heterocycles. The van der Waals surface area contributed by atoms with Crippen LogP contribution in [0, 0.1) is 0 Å². The van der Waals surface area contributed by atoms with Gasteiger partial charge in [-0.2, -0.15) is 0 Å². The van der Waals surface area contributed by atoms with E-state index >= 15 is 0 Å². The summed E-state index contributed by atoms with van der Waals surface area (Å²) < 4.78 is 2.16. The second-order valence-electron chi connectivity index (χ2n) is 3.10. The van der Waals surface area contributed by atoms with Crippen LogP contribution >= 0.6 is 54.5 Å². The normalized spacial score (nSPS) is 13.1. The molecule has 2 nitrogen and oxygen atoms in total. The molecule has 1 unspecified atom stereocenters. The number of halogens is 2. The standard InChI is InChI=1S/C9H8Br2N2S2/c1-4(12)6-3-14-9(13-6)7-2-5(10)8(11)15-7/h2-4H,12H2,1H3. The Morgan fingerprint density at radius 2 is 2.20 bits per heavy atom. The van der Waals surface area contributed by atoms with Crippen LogP contribution in [0.5, 0.6) is 0 Å². The highest BCUT2D eigenvalue weighted by Crippen LogP contribution is 2.39. The van der Waals surface area contributed by atoms with Gasteiger partial charge in [0.05, 0.1) is 14.4 Å². The SMILES string of the molecule is CC(N)c1csc(-c2cc(Br)c(Br)s2)n1. The first-order valence-corrected chi connectivity index (χ1v) is 7.52. The maximum absolute atomic E-state index is 5.77. The lowest BCUT2D eigenvalue weighted by atomic mass is 10.3. The Morgan fingerprint density at radius 3 is 2.67 bits per heavy atom. The van der Waals surface area contributed by atoms with E-state index in [1.165, 1.54) is 0 Å². The number of nitrogens with zero attached hydrogens (tertiary/aromatic N) is 1. The Bertz CT molecular complexity index is 457. The lowest BCUT2D eigenvalue weighted by molar-refractivity contribution is 0.790. The van der Waals surface area contributed by atoms with Gasteiger partial charge in [-0.25, -0.2) is 4.98 Å². The summed E-state index contributed by atoms with van der Waals surface area (Å²) in [7, 11) is 0. The number of nitrogens with two attached hydrogens (primary N) is 1. The van der Waals surface area contributed by atoms with Gasteiger partial charge in [-0.05, 0) is 44.8 Å². The van der Waals surface area contributed by atoms with E-state index in [1.54, 1.807) is 22.7 Å². The quantitative estimate of drug-likeness (QED) is 0.853. The first kappa shape index (κ1) is 11.7. The molecule has 2 N–H and O–H groups in total. The van der Waals surface area contributed by atoms with E-state index in [-0.39, 0.29) is 6.04 Å². The lowest BCUT2D eigenvalue weighted by Gasteiger charge is -1.96. The van der Waals surface area contributed by atoms with Crippen molar-refractivity contribution in [2.75, 3.05) is 0 Å². The fraction of sp³-hybridized carbons (Fsp3) is 0.222. The molecule has 0 amide bonds. The molecule has 0 bridgehead atoms. The number of aromatic nitrogens is 1. The Hall–Kier alpha value is 0.250. The number of thiazole rings is 1. The molecule has 0 spiro atoms. The minimum Gasteiger partial charge on any atom is -0.323 e. The second-order valence-corrected chi connectivity index (χ2v) is 7.18. The van der Waals surface area contributed by atoms with E-state index in [4.69, 9.17) is 5.73 Å². The summed E-state index contributed by atoms with van der Waals surface area (Å²) in [6, 6.07) is 2.07. The van der Waals surface area contributed by atoms with Gasteiger partial charge in [0.25, 0.3) is 0 Å². The minimum atomic E-state index is 0.00171. The topological polar surface area (TPSA) is 38.9 Å². The van der Waals surface area contributed by atoms with E-state index < -0.39 is 0 Å². The molecule has 0 aliphatic carbocycles. The minimum absolute atomic E-state index is 0.00171. The smallest absolute Gasteiger partial charge is 0.133 e. The zero-order chi connectivity index (χ0) is 11.0. The van der Waals surface area contributed by atoms with Crippen molar-refractivity contribution in [3.05, 3.63) is 25.4 Å². The predicted octanol–water partition coefficient (Wildman–Crippen LogP) is 4.42. The van der Waals surface area contributed by atoms with Crippen molar-refractivity contribution in [1.82, 2.24) is 4.98 Å². The van der Waals surface area contributed by atoms with Gasteiger partial charge in [-0.1, -0.05) is 0 Å². The number of rotatable bonds is 2. The molecule has 0 saturated carbocycles. The van der Waals surface area contributed by atoms with Crippen LogP contribution in [0.25, 0.3) is 9.88 Å². The number of hydrogen-bond donors (Lipinski definition) is 1. The van der Waals surface area contributed by atoms with E-state index in [0.29, 0.717) is 0 Å². The molecule has 0 fully saturated rings. The molecule has 0 aromatic carbocycles. The van der Waals surface area contributed by atoms with Crippen LogP contribution in [0.4, 0.5) is 0 Å². The van der Waals surface area contributed by atoms with Crippen LogP contribution in [-0.2, 0) is 0 Å². The van der Waals surface area contributed by atoms with E-state index in [9.17, 15) is 0 Å². The van der Waals surface area contributed by atoms with Crippen molar-refractivity contribution in [3.8, 4) is 9.88 Å². The molecule has 2 aromatic rings. The van der Waals surface area contributed by atoms with Gasteiger partial charge in [0.2, 0.25) is 0 Å². The third-order valence-electron chi connectivity index (χ3n) is 1.84. The van der Waals surface area contributed by atoms with E-state index in [2.05, 4.69) is 42.9 Å². The number of hydrogen-bond acceptors (Lipinski definition) is 4. The molecule has 0 radical (unpaired) electrons. The summed E-state index contributed by atoms with van der Waals surface area (Å²) in [5, 5.41) is 3.04. The molecule has 2 rings (SSSR count). The van der Waals surface area contributed by atoms with Gasteiger partial charge >= 0.3 is 0 Å². The zero-order valence-electron chi connectivity index (χ0n) is 7.83. The van der Waals surface area contributed by atoms with Crippen molar-refractivity contribution >= 4 is 54.5 Å². The fourth-order valence-corrected chi connectivity index (χ4v) is 4.08. The molecule has 0 aliphatic rings. The average molecular weight is 368 g/mol. The first-order valence-electron chi connectivity index (χ1n) is 4.24. The molecular weight excluding hydrogens is 360 g/mol. The summed E-state index contributed by atoms with van der Waals surface area (Å²) in [6.45, 7) is 1.94. The van der Waals surface area contributed by atoms with E-state index in [1.807, 2.05) is 12.3 Å². The van der Waals surface area contributed by atoms with Crippen LogP contribution < -0.4 is 5.73 Å². The van der Waals surface area contributed by atoms with Crippen molar-refractivity contribution in [2.24, 2.45) is 5.73 Å². The van der Waals surface area contributed by atoms with Crippen LogP contribution in [0.3, 0.4) is 0 Å². The average Bonchev–Trinajstić information content (AvgIpc) is 2.74. The highest BCUT2D eigenvalue weighted by molar-refractivity contribution is 9.13. The highest BCUT2D eigenvalue weighted by Gasteiger charge is 2.11. The summed E-state index contributed by atoms with van der Waals surface area (Å²) >= 11 is 10.2. The van der Waals surface area contributed by atoms with Crippen LogP contribution in [0.15, 0.2) is 19.7 Å². The Balaban J connectivity index is 2.37. The monoisotopic (exact) mass is 366 g/mol. The summed E-state index contributed by atoms with van der Waals surface area (Å²) in [5.41, 5.74) is 6.72. The van der Waals surface area contributed by atoms with Crippen molar-refractivity contribution < 1.29 is 0 Å². The largest absolute Gasteiger partial charge is 0.323 e. The Morgan fingerprint density at radius 1 is 1.47 bits per heavy atom. The van der Waals surface area contributed by atoms with E-state index in [0.717, 1.165) is 23.8 Å². The molecule has 1 atom stereocenters. The van der Waals surface area contributed by atoms with Crippen molar-refractivity contribution in [1.29, 1.82) is 0 Å². The van der Waals surface area contributed by atoms with Gasteiger partial charge in [0, 0.05) is 15.9 Å². The van der Waals surface area contributed by atoms with Gasteiger partial charge in [0.1, 0.15) is 5.01 Å². The molecule has 6 heteroatoms. The molecule has 15 heavy (non-hydrogen) atoms. The van der Waals surface area contributed by atoms with Gasteiger partial charge in [-0.15, -0.1) is 22.7 Å². The maximum Gasteiger partial charge on any atom is 0.133 e. The third-order valence-corrected chi connectivity index (χ3v) is 6.13. The predicted molar refractivity (Wildman–Crippen MR) is 73.4 cm³/mol. The second kappa shape index (κ2) is 4.63. The summed E-state index contributed by atoms with van der Waals surface area (Å²) in [5.74, 6) is 0. The molecule has 2 aromatic heterocycles. The van der Waals surface area contributed by atoms with Crippen molar-refractivity contribution in [3.63, 3.8) is 0 Å². The summed E-state index contributed by atoms with van der Waals surface area (Å²) in [4.78, 5) is 5.65. The van der Waals surface area contributed by atoms with Crippen LogP contribution in [-0.4, -0.2) is 4.98 Å². The first-order chi connectivity index (χ1) is 7.08. The third kappa shape index (κ3) is 2.50. The Kier molecular flexibility index (Phi) is 3.62. The molecule has 0 saturated heterocycles. The van der Waals surface area contributed by atoms with Gasteiger partial charge in [-0.3, -0.25) is 0 Å². The molecular formula is C9H8Br2N2S2. The highest BCUT2D eigenvalue weighted by atomic mass is 79.9. The summed E-state index contributed by atoms with van der Waals surface area (Å²) in [6.07, 6.45) is 0. The van der Waals surface area contributed by atoms with Gasteiger partial charge in [0.15, 0.2) is 0 Å². The van der Waals surface area contributed by atoms with Gasteiger partial charge < -0.3 is 5.73 Å². The zero-order valence-corrected chi connectivity index (χ0v) is 12.6. The van der Waals surface area contributed by atoms with Crippen LogP contribution in [0.2, 0.25) is 0 Å². The van der Waals surface area contributed by atoms with Crippen LogP contribution in [0.1, 0.15) is 18.7 Å². The molecule has 80 valence electrons. The van der Waals surface area contributed by atoms with Crippen molar-refractivity contribution in [2.45, 2.75) is 13.0 Å². The Labute approximate surface area is 113 Å². The maximum atomic E-state index is 5.77.